The average molecular weight is 395 g/mol. The molecule has 0 bridgehead atoms. The van der Waals surface area contributed by atoms with Crippen molar-refractivity contribution in [2.75, 3.05) is 26.2 Å². The van der Waals surface area contributed by atoms with E-state index < -0.39 is 0 Å². The van der Waals surface area contributed by atoms with Crippen LogP contribution in [0.5, 0.6) is 5.75 Å². The van der Waals surface area contributed by atoms with Gasteiger partial charge in [-0.15, -0.1) is 11.3 Å². The third kappa shape index (κ3) is 3.40. The fourth-order valence-electron chi connectivity index (χ4n) is 2.52. The fraction of sp³-hybridized carbons (Fsp3) is 0.250. The van der Waals surface area contributed by atoms with E-state index in [1.165, 1.54) is 23.5 Å². The molecule has 1 N–H and O–H groups in total. The molecule has 1 fully saturated rings. The molecule has 23 heavy (non-hydrogen) atoms. The molecule has 1 aliphatic heterocycles. The highest BCUT2D eigenvalue weighted by molar-refractivity contribution is 9.10. The van der Waals surface area contributed by atoms with Crippen LogP contribution in [0.1, 0.15) is 20.0 Å². The maximum atomic E-state index is 12.4. The quantitative estimate of drug-likeness (QED) is 0.851. The highest BCUT2D eigenvalue weighted by Gasteiger charge is 2.26. The standard InChI is InChI=1S/C16H15BrN2O3S/c17-13-4-9-23-14(13)16(22)19-7-5-18(6-8-19)15(21)11-2-1-3-12(20)10-11/h1-4,9-10,20H,5-8H2. The van der Waals surface area contributed by atoms with Gasteiger partial charge in [0, 0.05) is 36.2 Å². The number of phenolic OH excluding ortho intramolecular Hbond substituents is 1. The highest BCUT2D eigenvalue weighted by atomic mass is 79.9. The van der Waals surface area contributed by atoms with Gasteiger partial charge >= 0.3 is 0 Å². The minimum Gasteiger partial charge on any atom is -0.508 e. The summed E-state index contributed by atoms with van der Waals surface area (Å²) in [5.41, 5.74) is 0.464. The van der Waals surface area contributed by atoms with Crippen LogP contribution < -0.4 is 0 Å². The zero-order valence-electron chi connectivity index (χ0n) is 12.2. The first-order chi connectivity index (χ1) is 11.1. The lowest BCUT2D eigenvalue weighted by atomic mass is 10.1. The first-order valence-electron chi connectivity index (χ1n) is 7.17. The van der Waals surface area contributed by atoms with Crippen molar-refractivity contribution in [1.29, 1.82) is 0 Å². The van der Waals surface area contributed by atoms with E-state index in [9.17, 15) is 14.7 Å². The van der Waals surface area contributed by atoms with E-state index in [4.69, 9.17) is 0 Å². The zero-order valence-corrected chi connectivity index (χ0v) is 14.6. The van der Waals surface area contributed by atoms with Gasteiger partial charge in [0.15, 0.2) is 0 Å². The van der Waals surface area contributed by atoms with Gasteiger partial charge in [-0.3, -0.25) is 9.59 Å². The Morgan fingerprint density at radius 1 is 1.04 bits per heavy atom. The van der Waals surface area contributed by atoms with Crippen molar-refractivity contribution in [2.45, 2.75) is 0 Å². The molecule has 1 aliphatic rings. The van der Waals surface area contributed by atoms with Gasteiger partial charge in [0.25, 0.3) is 11.8 Å². The molecule has 120 valence electrons. The van der Waals surface area contributed by atoms with Crippen molar-refractivity contribution < 1.29 is 14.7 Å². The summed E-state index contributed by atoms with van der Waals surface area (Å²) in [6.07, 6.45) is 0. The lowest BCUT2D eigenvalue weighted by Crippen LogP contribution is -2.50. The van der Waals surface area contributed by atoms with E-state index in [0.717, 1.165) is 4.47 Å². The van der Waals surface area contributed by atoms with Crippen LogP contribution in [0.2, 0.25) is 0 Å². The maximum absolute atomic E-state index is 12.4. The average Bonchev–Trinajstić information content (AvgIpc) is 3.00. The second-order valence-corrected chi connectivity index (χ2v) is 7.00. The third-order valence-corrected chi connectivity index (χ3v) is 5.58. The molecule has 2 amide bonds. The van der Waals surface area contributed by atoms with Gasteiger partial charge in [0.1, 0.15) is 10.6 Å². The summed E-state index contributed by atoms with van der Waals surface area (Å²) in [5.74, 6) is -0.0474. The van der Waals surface area contributed by atoms with Crippen molar-refractivity contribution in [3.8, 4) is 5.75 Å². The maximum Gasteiger partial charge on any atom is 0.265 e. The molecule has 0 unspecified atom stereocenters. The molecule has 3 rings (SSSR count). The van der Waals surface area contributed by atoms with Crippen LogP contribution in [0.3, 0.4) is 0 Å². The smallest absolute Gasteiger partial charge is 0.265 e. The number of carbonyl (C=O) groups is 2. The predicted octanol–water partition coefficient (Wildman–Crippen LogP) is 2.81. The number of hydrogen-bond acceptors (Lipinski definition) is 4. The minimum absolute atomic E-state index is 0.00340. The first-order valence-corrected chi connectivity index (χ1v) is 8.84. The Balaban J connectivity index is 1.63. The topological polar surface area (TPSA) is 60.9 Å². The number of phenols is 1. The van der Waals surface area contributed by atoms with Crippen molar-refractivity contribution in [3.63, 3.8) is 0 Å². The van der Waals surface area contributed by atoms with Gasteiger partial charge in [-0.25, -0.2) is 0 Å². The van der Waals surface area contributed by atoms with Gasteiger partial charge in [0.2, 0.25) is 0 Å². The SMILES string of the molecule is O=C(c1cccc(O)c1)N1CCN(C(=O)c2sccc2Br)CC1. The van der Waals surface area contributed by atoms with Gasteiger partial charge in [0.05, 0.1) is 0 Å². The lowest BCUT2D eigenvalue weighted by Gasteiger charge is -2.34. The summed E-state index contributed by atoms with van der Waals surface area (Å²) in [4.78, 5) is 29.0. The molecule has 0 saturated carbocycles. The Labute approximate surface area is 146 Å². The molecule has 0 radical (unpaired) electrons. The van der Waals surface area contributed by atoms with Crippen LogP contribution in [0.4, 0.5) is 0 Å². The number of carbonyl (C=O) groups excluding carboxylic acids is 2. The summed E-state index contributed by atoms with van der Waals surface area (Å²) in [7, 11) is 0. The molecule has 1 aromatic carbocycles. The second kappa shape index (κ2) is 6.72. The Morgan fingerprint density at radius 2 is 1.70 bits per heavy atom. The summed E-state index contributed by atoms with van der Waals surface area (Å²) < 4.78 is 0.811. The molecule has 2 heterocycles. The molecule has 2 aromatic rings. The molecule has 0 atom stereocenters. The Hall–Kier alpha value is -1.86. The number of aromatic hydroxyl groups is 1. The number of rotatable bonds is 2. The minimum atomic E-state index is -0.120. The van der Waals surface area contributed by atoms with Crippen LogP contribution in [0.25, 0.3) is 0 Å². The Kier molecular flexibility index (Phi) is 4.68. The van der Waals surface area contributed by atoms with Gasteiger partial charge in [-0.2, -0.15) is 0 Å². The van der Waals surface area contributed by atoms with Gasteiger partial charge in [-0.1, -0.05) is 6.07 Å². The van der Waals surface area contributed by atoms with E-state index in [-0.39, 0.29) is 17.6 Å². The molecule has 5 nitrogen and oxygen atoms in total. The number of benzene rings is 1. The number of nitrogens with zero attached hydrogens (tertiary/aromatic N) is 2. The monoisotopic (exact) mass is 394 g/mol. The van der Waals surface area contributed by atoms with Crippen LogP contribution >= 0.6 is 27.3 Å². The molecule has 1 saturated heterocycles. The van der Waals surface area contributed by atoms with Crippen molar-refractivity contribution >= 4 is 39.1 Å². The third-order valence-electron chi connectivity index (χ3n) is 3.76. The lowest BCUT2D eigenvalue weighted by molar-refractivity contribution is 0.0537. The van der Waals surface area contributed by atoms with Crippen LogP contribution in [-0.2, 0) is 0 Å². The van der Waals surface area contributed by atoms with Crippen LogP contribution in [0.15, 0.2) is 40.2 Å². The Bertz CT molecular complexity index is 738. The molecule has 7 heteroatoms. The number of amides is 2. The molecule has 0 spiro atoms. The highest BCUT2D eigenvalue weighted by Crippen LogP contribution is 2.25. The molecular formula is C16H15BrN2O3S. The van der Waals surface area contributed by atoms with E-state index in [0.29, 0.717) is 36.6 Å². The normalized spacial score (nSPS) is 14.8. The summed E-state index contributed by atoms with van der Waals surface area (Å²) >= 11 is 4.79. The molecule has 0 aliphatic carbocycles. The van der Waals surface area contributed by atoms with Crippen LogP contribution in [-0.4, -0.2) is 52.9 Å². The van der Waals surface area contributed by atoms with Crippen molar-refractivity contribution in [3.05, 3.63) is 50.6 Å². The summed E-state index contributed by atoms with van der Waals surface area (Å²) in [6.45, 7) is 1.99. The summed E-state index contributed by atoms with van der Waals surface area (Å²) in [6, 6.07) is 8.19. The van der Waals surface area contributed by atoms with Crippen LogP contribution in [0, 0.1) is 0 Å². The number of hydrogen-bond donors (Lipinski definition) is 1. The predicted molar refractivity (Wildman–Crippen MR) is 91.9 cm³/mol. The number of thiophene rings is 1. The van der Waals surface area contributed by atoms with E-state index in [1.807, 2.05) is 11.4 Å². The van der Waals surface area contributed by atoms with Gasteiger partial charge < -0.3 is 14.9 Å². The van der Waals surface area contributed by atoms with E-state index in [1.54, 1.807) is 21.9 Å². The van der Waals surface area contributed by atoms with E-state index >= 15 is 0 Å². The first kappa shape index (κ1) is 16.0. The van der Waals surface area contributed by atoms with Crippen molar-refractivity contribution in [2.24, 2.45) is 0 Å². The fourth-order valence-corrected chi connectivity index (χ4v) is 4.03. The largest absolute Gasteiger partial charge is 0.508 e. The van der Waals surface area contributed by atoms with Crippen molar-refractivity contribution in [1.82, 2.24) is 9.80 Å². The van der Waals surface area contributed by atoms with Gasteiger partial charge in [-0.05, 0) is 45.6 Å². The molecular weight excluding hydrogens is 380 g/mol. The number of piperazine rings is 1. The summed E-state index contributed by atoms with van der Waals surface area (Å²) in [5, 5.41) is 11.4. The Morgan fingerprint density at radius 3 is 2.26 bits per heavy atom. The number of halogens is 1. The molecule has 1 aromatic heterocycles. The second-order valence-electron chi connectivity index (χ2n) is 5.23. The zero-order chi connectivity index (χ0) is 16.4. The van der Waals surface area contributed by atoms with E-state index in [2.05, 4.69) is 15.9 Å².